The number of amides is 1. The van der Waals surface area contributed by atoms with Crippen LogP contribution in [0, 0.1) is 19.7 Å². The Morgan fingerprint density at radius 3 is 2.43 bits per heavy atom. The minimum Gasteiger partial charge on any atom is -0.497 e. The van der Waals surface area contributed by atoms with Crippen molar-refractivity contribution in [2.75, 3.05) is 12.0 Å². The smallest absolute Gasteiger partial charge is 0.415 e. The Balaban J connectivity index is 0.00000380. The molecule has 4 aromatic rings. The van der Waals surface area contributed by atoms with Crippen LogP contribution in [-0.4, -0.2) is 28.4 Å². The summed E-state index contributed by atoms with van der Waals surface area (Å²) >= 11 is 0. The number of rotatable bonds is 6. The lowest BCUT2D eigenvalue weighted by molar-refractivity contribution is 0.0577. The first-order chi connectivity index (χ1) is 17.1. The van der Waals surface area contributed by atoms with Crippen LogP contribution in [0.5, 0.6) is 5.75 Å². The van der Waals surface area contributed by atoms with E-state index in [2.05, 4.69) is 24.5 Å². The van der Waals surface area contributed by atoms with Gasteiger partial charge in [0.25, 0.3) is 0 Å². The number of fused-ring (bicyclic) bond motifs is 1. The Kier molecular flexibility index (Phi) is 8.49. The summed E-state index contributed by atoms with van der Waals surface area (Å²) in [6.07, 6.45) is 1.24. The molecule has 37 heavy (non-hydrogen) atoms. The van der Waals surface area contributed by atoms with Crippen molar-refractivity contribution in [2.45, 2.75) is 53.3 Å². The van der Waals surface area contributed by atoms with Crippen LogP contribution < -0.4 is 9.64 Å². The van der Waals surface area contributed by atoms with Crippen LogP contribution in [-0.2, 0) is 17.8 Å². The highest BCUT2D eigenvalue weighted by molar-refractivity contribution is 5.91. The minimum absolute atomic E-state index is 0. The Labute approximate surface area is 223 Å². The lowest BCUT2D eigenvalue weighted by Gasteiger charge is -2.27. The molecule has 0 aliphatic carbocycles. The molecule has 8 heteroatoms. The fourth-order valence-corrected chi connectivity index (χ4v) is 4.28. The molecule has 2 heterocycles. The molecule has 2 aromatic carbocycles. The zero-order valence-electron chi connectivity index (χ0n) is 22.0. The predicted octanol–water partition coefficient (Wildman–Crippen LogP) is 7.21. The first-order valence-corrected chi connectivity index (χ1v) is 11.9. The summed E-state index contributed by atoms with van der Waals surface area (Å²) < 4.78 is 27.0. The lowest BCUT2D eigenvalue weighted by Crippen LogP contribution is -2.36. The van der Waals surface area contributed by atoms with E-state index in [4.69, 9.17) is 14.5 Å². The summed E-state index contributed by atoms with van der Waals surface area (Å²) in [5, 5.41) is 1.07. The van der Waals surface area contributed by atoms with Gasteiger partial charge in [0, 0.05) is 29.5 Å². The van der Waals surface area contributed by atoms with E-state index < -0.39 is 11.7 Å². The van der Waals surface area contributed by atoms with E-state index in [1.54, 1.807) is 25.4 Å². The first-order valence-electron chi connectivity index (χ1n) is 11.9. The largest absolute Gasteiger partial charge is 0.497 e. The average molecular weight is 526 g/mol. The maximum atomic E-state index is 13.7. The number of carbonyl (C=O) groups excluding carboxylic acids is 1. The number of carbonyl (C=O) groups is 1. The minimum atomic E-state index is -0.686. The molecule has 4 rings (SSSR count). The van der Waals surface area contributed by atoms with Gasteiger partial charge >= 0.3 is 6.09 Å². The third-order valence-corrected chi connectivity index (χ3v) is 6.16. The summed E-state index contributed by atoms with van der Waals surface area (Å²) in [4.78, 5) is 19.5. The van der Waals surface area contributed by atoms with E-state index in [1.165, 1.54) is 17.0 Å². The molecule has 6 nitrogen and oxygen atoms in total. The third-order valence-electron chi connectivity index (χ3n) is 6.16. The molecule has 2 aromatic heterocycles. The molecule has 0 aliphatic heterocycles. The second-order valence-electron chi connectivity index (χ2n) is 9.84. The Bertz CT molecular complexity index is 1390. The number of halogens is 2. The molecule has 0 radical (unpaired) electrons. The fourth-order valence-electron chi connectivity index (χ4n) is 4.28. The van der Waals surface area contributed by atoms with E-state index in [9.17, 15) is 9.18 Å². The van der Waals surface area contributed by atoms with Crippen molar-refractivity contribution in [2.24, 2.45) is 0 Å². The summed E-state index contributed by atoms with van der Waals surface area (Å²) in [5.74, 6) is 0.422. The highest BCUT2D eigenvalue weighted by Gasteiger charge is 2.26. The predicted molar refractivity (Wildman–Crippen MR) is 147 cm³/mol. The molecule has 0 saturated carbocycles. The number of hydrogen-bond acceptors (Lipinski definition) is 4. The van der Waals surface area contributed by atoms with Crippen molar-refractivity contribution < 1.29 is 18.7 Å². The molecule has 0 spiro atoms. The first kappa shape index (κ1) is 28.0. The Morgan fingerprint density at radius 2 is 1.78 bits per heavy atom. The van der Waals surface area contributed by atoms with Crippen molar-refractivity contribution in [3.63, 3.8) is 0 Å². The van der Waals surface area contributed by atoms with Crippen LogP contribution in [0.2, 0.25) is 0 Å². The number of anilines is 1. The summed E-state index contributed by atoms with van der Waals surface area (Å²) in [7, 11) is 1.66. The molecular formula is C29H33ClFN3O3. The molecule has 0 atom stereocenters. The second-order valence-corrected chi connectivity index (χ2v) is 9.84. The fraction of sp³-hybridized carbons (Fsp3) is 0.310. The van der Waals surface area contributed by atoms with Gasteiger partial charge in [-0.15, -0.1) is 12.4 Å². The van der Waals surface area contributed by atoms with Crippen LogP contribution in [0.4, 0.5) is 14.9 Å². The molecule has 0 fully saturated rings. The Morgan fingerprint density at radius 1 is 1.08 bits per heavy atom. The summed E-state index contributed by atoms with van der Waals surface area (Å²) in [6, 6.07) is 15.8. The topological polar surface area (TPSA) is 56.6 Å². The zero-order valence-corrected chi connectivity index (χ0v) is 22.9. The van der Waals surface area contributed by atoms with Gasteiger partial charge in [-0.1, -0.05) is 12.1 Å². The van der Waals surface area contributed by atoms with Crippen LogP contribution in [0.15, 0.2) is 60.8 Å². The van der Waals surface area contributed by atoms with Gasteiger partial charge in [-0.2, -0.15) is 0 Å². The maximum Gasteiger partial charge on any atom is 0.415 e. The van der Waals surface area contributed by atoms with Crippen LogP contribution >= 0.6 is 12.4 Å². The van der Waals surface area contributed by atoms with Crippen molar-refractivity contribution in [3.8, 4) is 5.75 Å². The number of ether oxygens (including phenoxy) is 2. The van der Waals surface area contributed by atoms with Gasteiger partial charge in [0.1, 0.15) is 17.2 Å². The van der Waals surface area contributed by atoms with Crippen molar-refractivity contribution in [1.82, 2.24) is 9.55 Å². The maximum absolute atomic E-state index is 13.7. The number of pyridine rings is 1. The quantitative estimate of drug-likeness (QED) is 0.267. The van der Waals surface area contributed by atoms with Gasteiger partial charge in [0.05, 0.1) is 24.9 Å². The van der Waals surface area contributed by atoms with Crippen molar-refractivity contribution in [1.29, 1.82) is 0 Å². The highest BCUT2D eigenvalue weighted by Crippen LogP contribution is 2.30. The SMILES string of the molecule is COc1cccc(Cn2c(C)c(C)c3ccnc(CN(C(=O)OC(C)(C)C)c4ccc(F)cc4)c32)c1.Cl. The number of hydrogen-bond donors (Lipinski definition) is 0. The number of aryl methyl sites for hydroxylation is 1. The van der Waals surface area contributed by atoms with Crippen molar-refractivity contribution >= 4 is 35.1 Å². The number of methoxy groups -OCH3 is 1. The summed E-state index contributed by atoms with van der Waals surface area (Å²) in [5.41, 5.74) is 4.88. The number of aromatic nitrogens is 2. The van der Waals surface area contributed by atoms with Gasteiger partial charge in [0.2, 0.25) is 0 Å². The van der Waals surface area contributed by atoms with Crippen LogP contribution in [0.1, 0.15) is 43.3 Å². The van der Waals surface area contributed by atoms with Gasteiger partial charge in [-0.25, -0.2) is 9.18 Å². The van der Waals surface area contributed by atoms with E-state index in [0.717, 1.165) is 39.2 Å². The van der Waals surface area contributed by atoms with Gasteiger partial charge in [-0.3, -0.25) is 9.88 Å². The van der Waals surface area contributed by atoms with Gasteiger partial charge in [0.15, 0.2) is 0 Å². The van der Waals surface area contributed by atoms with E-state index in [1.807, 2.05) is 45.0 Å². The lowest BCUT2D eigenvalue weighted by atomic mass is 10.1. The highest BCUT2D eigenvalue weighted by atomic mass is 35.5. The van der Waals surface area contributed by atoms with Crippen molar-refractivity contribution in [3.05, 3.63) is 89.1 Å². The van der Waals surface area contributed by atoms with E-state index in [-0.39, 0.29) is 24.8 Å². The zero-order chi connectivity index (χ0) is 26.0. The van der Waals surface area contributed by atoms with Crippen LogP contribution in [0.25, 0.3) is 10.9 Å². The molecule has 0 unspecified atom stereocenters. The Hall–Kier alpha value is -3.58. The monoisotopic (exact) mass is 525 g/mol. The number of benzene rings is 2. The number of nitrogens with zero attached hydrogens (tertiary/aromatic N) is 3. The second kappa shape index (κ2) is 11.2. The van der Waals surface area contributed by atoms with Crippen LogP contribution in [0.3, 0.4) is 0 Å². The molecule has 0 aliphatic rings. The molecule has 0 N–H and O–H groups in total. The average Bonchev–Trinajstić information content (AvgIpc) is 3.07. The standard InChI is InChI=1S/C29H32FN3O3.ClH/c1-19-20(2)32(17-21-8-7-9-24(16-21)35-6)27-25(19)14-15-31-26(27)18-33(28(34)36-29(3,4)5)23-12-10-22(30)11-13-23;/h7-16H,17-18H2,1-6H3;1H. The molecular weight excluding hydrogens is 493 g/mol. The summed E-state index contributed by atoms with van der Waals surface area (Å²) in [6.45, 7) is 10.4. The van der Waals surface area contributed by atoms with Gasteiger partial charge < -0.3 is 14.0 Å². The third kappa shape index (κ3) is 6.23. The molecule has 196 valence electrons. The molecule has 0 bridgehead atoms. The van der Waals surface area contributed by atoms with Gasteiger partial charge in [-0.05, 0) is 88.2 Å². The van der Waals surface area contributed by atoms with E-state index >= 15 is 0 Å². The molecule has 1 amide bonds. The normalized spacial score (nSPS) is 11.2. The molecule has 0 saturated heterocycles. The van der Waals surface area contributed by atoms with E-state index in [0.29, 0.717) is 12.2 Å².